The van der Waals surface area contributed by atoms with Crippen molar-refractivity contribution >= 4 is 35.0 Å². The van der Waals surface area contributed by atoms with E-state index in [-0.39, 0.29) is 24.7 Å². The molecule has 0 aromatic heterocycles. The second kappa shape index (κ2) is 6.26. The molecule has 0 bridgehead atoms. The number of Topliss-reactive ketones (excluding diaryl/α,β-unsaturated/α-hetero) is 1. The Balaban J connectivity index is 3.75. The second-order valence-electron chi connectivity index (χ2n) is 2.08. The SMILES string of the molecule is CCOC(=O)CC(Cl)C(=O)CCl. The van der Waals surface area contributed by atoms with Gasteiger partial charge in [0.25, 0.3) is 0 Å². The highest BCUT2D eigenvalue weighted by Crippen LogP contribution is 2.05. The summed E-state index contributed by atoms with van der Waals surface area (Å²) in [6.45, 7) is 1.97. The minimum atomic E-state index is -0.860. The van der Waals surface area contributed by atoms with Gasteiger partial charge in [-0.2, -0.15) is 0 Å². The third-order valence-electron chi connectivity index (χ3n) is 1.13. The fourth-order valence-corrected chi connectivity index (χ4v) is 1.03. The van der Waals surface area contributed by atoms with Crippen LogP contribution in [0.25, 0.3) is 0 Å². The van der Waals surface area contributed by atoms with Gasteiger partial charge in [0.05, 0.1) is 18.9 Å². The normalized spacial score (nSPS) is 12.2. The Hall–Kier alpha value is -0.280. The van der Waals surface area contributed by atoms with E-state index in [0.29, 0.717) is 0 Å². The molecular weight excluding hydrogens is 203 g/mol. The summed E-state index contributed by atoms with van der Waals surface area (Å²) in [5, 5.41) is -0.860. The van der Waals surface area contributed by atoms with E-state index in [1.165, 1.54) is 0 Å². The number of esters is 1. The zero-order valence-electron chi connectivity index (χ0n) is 6.68. The van der Waals surface area contributed by atoms with Crippen molar-refractivity contribution in [2.45, 2.75) is 18.7 Å². The number of halogens is 2. The van der Waals surface area contributed by atoms with Gasteiger partial charge >= 0.3 is 5.97 Å². The molecule has 0 saturated heterocycles. The average Bonchev–Trinajstić information content (AvgIpc) is 2.03. The van der Waals surface area contributed by atoms with E-state index in [1.54, 1.807) is 6.92 Å². The molecule has 70 valence electrons. The van der Waals surface area contributed by atoms with Crippen LogP contribution in [-0.2, 0) is 14.3 Å². The first-order valence-electron chi connectivity index (χ1n) is 3.50. The minimum absolute atomic E-state index is 0.110. The number of hydrogen-bond donors (Lipinski definition) is 0. The van der Waals surface area contributed by atoms with E-state index in [9.17, 15) is 9.59 Å². The zero-order valence-corrected chi connectivity index (χ0v) is 8.19. The molecule has 0 fully saturated rings. The standard InChI is InChI=1S/C7H10Cl2O3/c1-2-12-7(11)3-5(9)6(10)4-8/h5H,2-4H2,1H3. The molecule has 1 atom stereocenters. The first kappa shape index (κ1) is 11.7. The van der Waals surface area contributed by atoms with Crippen LogP contribution in [0.1, 0.15) is 13.3 Å². The first-order valence-corrected chi connectivity index (χ1v) is 4.47. The van der Waals surface area contributed by atoms with E-state index in [2.05, 4.69) is 4.74 Å². The lowest BCUT2D eigenvalue weighted by atomic mass is 10.2. The highest BCUT2D eigenvalue weighted by atomic mass is 35.5. The largest absolute Gasteiger partial charge is 0.466 e. The number of ether oxygens (including phenoxy) is 1. The van der Waals surface area contributed by atoms with Crippen molar-refractivity contribution in [1.82, 2.24) is 0 Å². The predicted octanol–water partition coefficient (Wildman–Crippen LogP) is 1.35. The van der Waals surface area contributed by atoms with Gasteiger partial charge in [0.15, 0.2) is 5.78 Å². The molecule has 0 aliphatic carbocycles. The maximum Gasteiger partial charge on any atom is 0.307 e. The highest BCUT2D eigenvalue weighted by Gasteiger charge is 2.18. The first-order chi connectivity index (χ1) is 5.61. The van der Waals surface area contributed by atoms with E-state index in [0.717, 1.165) is 0 Å². The molecule has 0 radical (unpaired) electrons. The number of hydrogen-bond acceptors (Lipinski definition) is 3. The third kappa shape index (κ3) is 4.57. The van der Waals surface area contributed by atoms with Crippen molar-refractivity contribution in [2.24, 2.45) is 0 Å². The Labute approximate surface area is 81.0 Å². The van der Waals surface area contributed by atoms with Crippen LogP contribution in [0.5, 0.6) is 0 Å². The van der Waals surface area contributed by atoms with Gasteiger partial charge in [-0.25, -0.2) is 0 Å². The number of carbonyl (C=O) groups is 2. The van der Waals surface area contributed by atoms with Gasteiger partial charge in [0.1, 0.15) is 5.38 Å². The summed E-state index contributed by atoms with van der Waals surface area (Å²) in [4.78, 5) is 21.6. The smallest absolute Gasteiger partial charge is 0.307 e. The summed E-state index contributed by atoms with van der Waals surface area (Å²) in [6.07, 6.45) is -0.110. The van der Waals surface area contributed by atoms with Crippen molar-refractivity contribution in [1.29, 1.82) is 0 Å². The predicted molar refractivity (Wildman–Crippen MR) is 46.6 cm³/mol. The Kier molecular flexibility index (Phi) is 6.11. The quantitative estimate of drug-likeness (QED) is 0.511. The van der Waals surface area contributed by atoms with Gasteiger partial charge in [-0.05, 0) is 6.92 Å². The van der Waals surface area contributed by atoms with Crippen LogP contribution in [0, 0.1) is 0 Å². The van der Waals surface area contributed by atoms with Crippen LogP contribution >= 0.6 is 23.2 Å². The molecule has 0 rings (SSSR count). The average molecular weight is 213 g/mol. The van der Waals surface area contributed by atoms with Crippen LogP contribution in [-0.4, -0.2) is 29.6 Å². The Morgan fingerprint density at radius 3 is 2.50 bits per heavy atom. The summed E-state index contributed by atoms with van der Waals surface area (Å²) in [5.41, 5.74) is 0. The highest BCUT2D eigenvalue weighted by molar-refractivity contribution is 6.38. The molecular formula is C7H10Cl2O3. The summed E-state index contributed by atoms with van der Waals surface area (Å²) in [5.74, 6) is -1.00. The lowest BCUT2D eigenvalue weighted by Crippen LogP contribution is -2.20. The topological polar surface area (TPSA) is 43.4 Å². The summed E-state index contributed by atoms with van der Waals surface area (Å²) in [7, 11) is 0. The van der Waals surface area contributed by atoms with Gasteiger partial charge < -0.3 is 4.74 Å². The summed E-state index contributed by atoms with van der Waals surface area (Å²) in [6, 6.07) is 0. The fraction of sp³-hybridized carbons (Fsp3) is 0.714. The van der Waals surface area contributed by atoms with Crippen molar-refractivity contribution in [3.05, 3.63) is 0 Å². The van der Waals surface area contributed by atoms with E-state index >= 15 is 0 Å². The second-order valence-corrected chi connectivity index (χ2v) is 2.87. The van der Waals surface area contributed by atoms with Crippen molar-refractivity contribution in [3.63, 3.8) is 0 Å². The van der Waals surface area contributed by atoms with Crippen LogP contribution < -0.4 is 0 Å². The van der Waals surface area contributed by atoms with E-state index < -0.39 is 11.3 Å². The molecule has 3 nitrogen and oxygen atoms in total. The molecule has 0 spiro atoms. The van der Waals surface area contributed by atoms with E-state index in [4.69, 9.17) is 23.2 Å². The fourth-order valence-electron chi connectivity index (χ4n) is 0.564. The maximum absolute atomic E-state index is 10.8. The molecule has 0 aromatic carbocycles. The van der Waals surface area contributed by atoms with Crippen molar-refractivity contribution in [3.8, 4) is 0 Å². The number of alkyl halides is 2. The van der Waals surface area contributed by atoms with Gasteiger partial charge in [0, 0.05) is 0 Å². The molecule has 1 unspecified atom stereocenters. The van der Waals surface area contributed by atoms with Crippen molar-refractivity contribution in [2.75, 3.05) is 12.5 Å². The molecule has 0 aromatic rings. The van der Waals surface area contributed by atoms with Crippen molar-refractivity contribution < 1.29 is 14.3 Å². The van der Waals surface area contributed by atoms with Crippen LogP contribution in [0.4, 0.5) is 0 Å². The monoisotopic (exact) mass is 212 g/mol. The van der Waals surface area contributed by atoms with Crippen LogP contribution in [0.15, 0.2) is 0 Å². The minimum Gasteiger partial charge on any atom is -0.466 e. The molecule has 12 heavy (non-hydrogen) atoms. The summed E-state index contributed by atoms with van der Waals surface area (Å²) >= 11 is 10.7. The Morgan fingerprint density at radius 2 is 2.08 bits per heavy atom. The number of rotatable bonds is 5. The Bertz CT molecular complexity index is 170. The maximum atomic E-state index is 10.8. The van der Waals surface area contributed by atoms with Crippen LogP contribution in [0.2, 0.25) is 0 Å². The molecule has 0 N–H and O–H groups in total. The molecule has 0 saturated carbocycles. The van der Waals surface area contributed by atoms with Gasteiger partial charge in [-0.1, -0.05) is 0 Å². The van der Waals surface area contributed by atoms with Gasteiger partial charge in [0.2, 0.25) is 0 Å². The van der Waals surface area contributed by atoms with Crippen LogP contribution in [0.3, 0.4) is 0 Å². The number of ketones is 1. The molecule has 0 aliphatic heterocycles. The lowest BCUT2D eigenvalue weighted by molar-refractivity contribution is -0.144. The zero-order chi connectivity index (χ0) is 9.56. The van der Waals surface area contributed by atoms with Gasteiger partial charge in [-0.15, -0.1) is 23.2 Å². The number of carbonyl (C=O) groups excluding carboxylic acids is 2. The molecule has 0 heterocycles. The third-order valence-corrected chi connectivity index (χ3v) is 1.79. The lowest BCUT2D eigenvalue weighted by Gasteiger charge is -2.04. The molecule has 0 aliphatic rings. The van der Waals surface area contributed by atoms with Gasteiger partial charge in [-0.3, -0.25) is 9.59 Å². The van der Waals surface area contributed by atoms with E-state index in [1.807, 2.05) is 0 Å². The molecule has 5 heteroatoms. The summed E-state index contributed by atoms with van der Waals surface area (Å²) < 4.78 is 4.59. The molecule has 0 amide bonds. The Morgan fingerprint density at radius 1 is 1.50 bits per heavy atom.